The first-order valence-electron chi connectivity index (χ1n) is 10.1. The maximum atomic E-state index is 13.7. The van der Waals surface area contributed by atoms with Crippen molar-refractivity contribution >= 4 is 50.5 Å². The minimum absolute atomic E-state index is 0.0157. The van der Waals surface area contributed by atoms with Gasteiger partial charge >= 0.3 is 6.18 Å². The number of carbonyl (C=O) groups is 2. The number of alkyl halides is 3. The summed E-state index contributed by atoms with van der Waals surface area (Å²) >= 11 is 6.02. The molecule has 1 aliphatic rings. The van der Waals surface area contributed by atoms with Crippen molar-refractivity contribution in [3.63, 3.8) is 0 Å². The van der Waals surface area contributed by atoms with E-state index in [4.69, 9.17) is 11.6 Å². The lowest BCUT2D eigenvalue weighted by Crippen LogP contribution is -2.52. The van der Waals surface area contributed by atoms with Crippen molar-refractivity contribution in [3.05, 3.63) is 83.4 Å². The van der Waals surface area contributed by atoms with Crippen molar-refractivity contribution in [2.75, 3.05) is 14.9 Å². The van der Waals surface area contributed by atoms with Crippen LogP contribution in [0.5, 0.6) is 0 Å². The molecule has 182 valence electrons. The van der Waals surface area contributed by atoms with Crippen molar-refractivity contribution in [3.8, 4) is 0 Å². The van der Waals surface area contributed by atoms with Gasteiger partial charge in [-0.25, -0.2) is 8.42 Å². The number of nitrogens with one attached hydrogen (secondary N) is 2. The van der Waals surface area contributed by atoms with Crippen LogP contribution in [0, 0.1) is 0 Å². The van der Waals surface area contributed by atoms with Crippen LogP contribution in [0.1, 0.15) is 12.0 Å². The fourth-order valence-electron chi connectivity index (χ4n) is 3.63. The summed E-state index contributed by atoms with van der Waals surface area (Å²) in [5.41, 5.74) is -0.708. The average molecular weight is 524 g/mol. The molecule has 0 saturated heterocycles. The zero-order valence-electron chi connectivity index (χ0n) is 17.7. The quantitative estimate of drug-likeness (QED) is 0.497. The lowest BCUT2D eigenvalue weighted by molar-refractivity contribution is -0.137. The molecule has 0 aromatic heterocycles. The first kappa shape index (κ1) is 24.6. The van der Waals surface area contributed by atoms with E-state index in [0.717, 1.165) is 6.07 Å². The van der Waals surface area contributed by atoms with Crippen LogP contribution >= 0.6 is 11.6 Å². The Morgan fingerprint density at radius 2 is 1.69 bits per heavy atom. The summed E-state index contributed by atoms with van der Waals surface area (Å²) in [7, 11) is -4.83. The van der Waals surface area contributed by atoms with Gasteiger partial charge in [-0.15, -0.1) is 0 Å². The third-order valence-corrected chi connectivity index (χ3v) is 7.52. The highest BCUT2D eigenvalue weighted by Gasteiger charge is 2.43. The number of halogens is 4. The lowest BCUT2D eigenvalue weighted by atomic mass is 10.1. The number of amides is 2. The monoisotopic (exact) mass is 523 g/mol. The first-order chi connectivity index (χ1) is 16.5. The van der Waals surface area contributed by atoms with E-state index in [9.17, 15) is 31.2 Å². The number of hydrogen-bond acceptors (Lipinski definition) is 4. The standard InChI is InChI=1S/C23H17ClF3N3O4S/c24-16-11-10-14(23(25,26)27)12-20(16)35(33,34)30-18-9-5-4-8-17(18)29-22(32)19(30)13-21(31)28-15-6-2-1-3-7-15/h1-12,19H,13H2,(H,28,31)(H,29,32)/t19-/m1/s1. The highest BCUT2D eigenvalue weighted by molar-refractivity contribution is 7.93. The molecule has 0 bridgehead atoms. The van der Waals surface area contributed by atoms with Gasteiger partial charge in [0.2, 0.25) is 11.8 Å². The minimum Gasteiger partial charge on any atom is -0.326 e. The highest BCUT2D eigenvalue weighted by atomic mass is 35.5. The largest absolute Gasteiger partial charge is 0.416 e. The molecule has 0 unspecified atom stereocenters. The van der Waals surface area contributed by atoms with Crippen molar-refractivity contribution in [2.24, 2.45) is 0 Å². The van der Waals surface area contributed by atoms with Crippen LogP contribution < -0.4 is 14.9 Å². The summed E-state index contributed by atoms with van der Waals surface area (Å²) in [6.45, 7) is 0. The summed E-state index contributed by atoms with van der Waals surface area (Å²) in [4.78, 5) is 24.8. The Morgan fingerprint density at radius 1 is 1.03 bits per heavy atom. The predicted molar refractivity (Wildman–Crippen MR) is 125 cm³/mol. The zero-order valence-corrected chi connectivity index (χ0v) is 19.3. The second kappa shape index (κ2) is 9.23. The summed E-state index contributed by atoms with van der Waals surface area (Å²) in [6.07, 6.45) is -5.44. The Balaban J connectivity index is 1.79. The molecule has 0 aliphatic carbocycles. The minimum atomic E-state index is -4.83. The van der Waals surface area contributed by atoms with Crippen LogP contribution in [0.15, 0.2) is 77.7 Å². The third kappa shape index (κ3) is 4.96. The van der Waals surface area contributed by atoms with Gasteiger partial charge in [-0.1, -0.05) is 41.9 Å². The van der Waals surface area contributed by atoms with E-state index in [1.807, 2.05) is 0 Å². The zero-order chi connectivity index (χ0) is 25.4. The Morgan fingerprint density at radius 3 is 2.37 bits per heavy atom. The maximum absolute atomic E-state index is 13.7. The van der Waals surface area contributed by atoms with Crippen LogP contribution in [0.2, 0.25) is 5.02 Å². The summed E-state index contributed by atoms with van der Waals surface area (Å²) in [6, 6.07) is 14.4. The van der Waals surface area contributed by atoms with Gasteiger partial charge in [0, 0.05) is 5.69 Å². The van der Waals surface area contributed by atoms with Gasteiger partial charge in [-0.2, -0.15) is 13.2 Å². The first-order valence-corrected chi connectivity index (χ1v) is 12.0. The van der Waals surface area contributed by atoms with Gasteiger partial charge in [-0.05, 0) is 42.5 Å². The number of rotatable bonds is 5. The molecular weight excluding hydrogens is 507 g/mol. The van der Waals surface area contributed by atoms with Crippen LogP contribution in [-0.4, -0.2) is 26.3 Å². The molecule has 3 aromatic carbocycles. The van der Waals surface area contributed by atoms with Gasteiger partial charge in [0.25, 0.3) is 10.0 Å². The number of sulfonamides is 1. The SMILES string of the molecule is O=C(C[C@@H]1C(=O)Nc2ccccc2N1S(=O)(=O)c1cc(C(F)(F)F)ccc1Cl)Nc1ccccc1. The molecule has 0 radical (unpaired) electrons. The van der Waals surface area contributed by atoms with E-state index in [0.29, 0.717) is 22.1 Å². The van der Waals surface area contributed by atoms with Crippen LogP contribution in [0.4, 0.5) is 30.2 Å². The smallest absolute Gasteiger partial charge is 0.326 e. The molecule has 2 N–H and O–H groups in total. The lowest BCUT2D eigenvalue weighted by Gasteiger charge is -2.37. The van der Waals surface area contributed by atoms with Gasteiger partial charge < -0.3 is 10.6 Å². The second-order valence-corrected chi connectivity index (χ2v) is 9.77. The van der Waals surface area contributed by atoms with Crippen molar-refractivity contribution < 1.29 is 31.2 Å². The summed E-state index contributed by atoms with van der Waals surface area (Å²) < 4.78 is 68.0. The number of para-hydroxylation sites is 3. The van der Waals surface area contributed by atoms with E-state index in [2.05, 4.69) is 10.6 Å². The summed E-state index contributed by atoms with van der Waals surface area (Å²) in [5, 5.41) is 4.65. The van der Waals surface area contributed by atoms with Crippen LogP contribution in [0.25, 0.3) is 0 Å². The van der Waals surface area contributed by atoms with Crippen LogP contribution in [-0.2, 0) is 25.8 Å². The predicted octanol–water partition coefficient (Wildman–Crippen LogP) is 4.90. The molecule has 0 fully saturated rings. The fraction of sp³-hybridized carbons (Fsp3) is 0.130. The maximum Gasteiger partial charge on any atom is 0.416 e. The second-order valence-electron chi connectivity index (χ2n) is 7.58. The Bertz CT molecular complexity index is 1400. The van der Waals surface area contributed by atoms with Crippen molar-refractivity contribution in [2.45, 2.75) is 23.5 Å². The number of carbonyl (C=O) groups excluding carboxylic acids is 2. The summed E-state index contributed by atoms with van der Waals surface area (Å²) in [5.74, 6) is -1.50. The number of hydrogen-bond donors (Lipinski definition) is 2. The van der Waals surface area contributed by atoms with Gasteiger partial charge in [0.05, 0.1) is 28.4 Å². The van der Waals surface area contributed by atoms with Crippen molar-refractivity contribution in [1.82, 2.24) is 0 Å². The normalized spacial score (nSPS) is 15.8. The Hall–Kier alpha value is -3.57. The molecule has 35 heavy (non-hydrogen) atoms. The molecule has 2 amide bonds. The van der Waals surface area contributed by atoms with E-state index >= 15 is 0 Å². The molecular formula is C23H17ClF3N3O4S. The Labute approximate surface area is 203 Å². The van der Waals surface area contributed by atoms with Gasteiger partial charge in [0.1, 0.15) is 10.9 Å². The van der Waals surface area contributed by atoms with Crippen molar-refractivity contribution in [1.29, 1.82) is 0 Å². The third-order valence-electron chi connectivity index (χ3n) is 5.22. The number of anilines is 3. The molecule has 7 nitrogen and oxygen atoms in total. The molecule has 1 atom stereocenters. The number of nitrogens with zero attached hydrogens (tertiary/aromatic N) is 1. The molecule has 1 aliphatic heterocycles. The van der Waals surface area contributed by atoms with E-state index in [1.54, 1.807) is 36.4 Å². The Kier molecular flexibility index (Phi) is 6.48. The van der Waals surface area contributed by atoms with E-state index in [1.165, 1.54) is 18.2 Å². The highest BCUT2D eigenvalue weighted by Crippen LogP contribution is 2.40. The topological polar surface area (TPSA) is 95.6 Å². The van der Waals surface area contributed by atoms with Gasteiger partial charge in [0.15, 0.2) is 0 Å². The van der Waals surface area contributed by atoms with Gasteiger partial charge in [-0.3, -0.25) is 13.9 Å². The molecule has 4 rings (SSSR count). The van der Waals surface area contributed by atoms with E-state index in [-0.39, 0.29) is 11.4 Å². The molecule has 12 heteroatoms. The molecule has 1 heterocycles. The molecule has 3 aromatic rings. The molecule has 0 spiro atoms. The molecule has 0 saturated carbocycles. The number of fused-ring (bicyclic) bond motifs is 1. The fourth-order valence-corrected chi connectivity index (χ4v) is 5.76. The average Bonchev–Trinajstić information content (AvgIpc) is 2.79. The number of benzene rings is 3. The van der Waals surface area contributed by atoms with E-state index < -0.39 is 56.0 Å². The van der Waals surface area contributed by atoms with Crippen LogP contribution in [0.3, 0.4) is 0 Å².